The SMILES string of the molecule is CN1C2CCCC1CC(n1ncc3ccccc31)C2. The van der Waals surface area contributed by atoms with Crippen molar-refractivity contribution >= 4 is 10.9 Å². The molecule has 4 rings (SSSR count). The van der Waals surface area contributed by atoms with Gasteiger partial charge in [-0.15, -0.1) is 0 Å². The molecule has 100 valence electrons. The standard InChI is InChI=1S/C16H21N3/c1-18-13-6-4-7-14(18)10-15(9-13)19-16-8-3-2-5-12(16)11-17-19/h2-3,5,8,11,13-15H,4,6-7,9-10H2,1H3. The van der Waals surface area contributed by atoms with Crippen LogP contribution in [-0.2, 0) is 0 Å². The molecule has 19 heavy (non-hydrogen) atoms. The fourth-order valence-corrected chi connectivity index (χ4v) is 4.07. The van der Waals surface area contributed by atoms with Crippen molar-refractivity contribution in [3.8, 4) is 0 Å². The molecule has 0 radical (unpaired) electrons. The van der Waals surface area contributed by atoms with Crippen molar-refractivity contribution in [3.63, 3.8) is 0 Å². The summed E-state index contributed by atoms with van der Waals surface area (Å²) in [5, 5.41) is 5.94. The zero-order valence-electron chi connectivity index (χ0n) is 11.5. The molecule has 2 aromatic rings. The molecule has 1 aromatic carbocycles. The van der Waals surface area contributed by atoms with Crippen LogP contribution in [0.15, 0.2) is 30.5 Å². The van der Waals surface area contributed by atoms with Crippen LogP contribution in [0, 0.1) is 0 Å². The van der Waals surface area contributed by atoms with Crippen molar-refractivity contribution in [2.75, 3.05) is 7.05 Å². The zero-order chi connectivity index (χ0) is 12.8. The molecule has 3 heteroatoms. The largest absolute Gasteiger partial charge is 0.300 e. The highest BCUT2D eigenvalue weighted by Gasteiger charge is 2.37. The lowest BCUT2D eigenvalue weighted by Crippen LogP contribution is -2.50. The normalized spacial score (nSPS) is 31.7. The Morgan fingerprint density at radius 3 is 2.58 bits per heavy atom. The maximum Gasteiger partial charge on any atom is 0.0685 e. The lowest BCUT2D eigenvalue weighted by molar-refractivity contribution is 0.0380. The van der Waals surface area contributed by atoms with Crippen molar-refractivity contribution in [2.45, 2.75) is 50.2 Å². The third-order valence-electron chi connectivity index (χ3n) is 5.17. The lowest BCUT2D eigenvalue weighted by atomic mass is 9.82. The number of hydrogen-bond donors (Lipinski definition) is 0. The van der Waals surface area contributed by atoms with E-state index < -0.39 is 0 Å². The maximum absolute atomic E-state index is 4.67. The number of hydrogen-bond acceptors (Lipinski definition) is 2. The van der Waals surface area contributed by atoms with Gasteiger partial charge in [0.15, 0.2) is 0 Å². The van der Waals surface area contributed by atoms with E-state index in [0.717, 1.165) is 12.1 Å². The van der Waals surface area contributed by atoms with Gasteiger partial charge in [-0.2, -0.15) is 5.10 Å². The first-order valence-corrected chi connectivity index (χ1v) is 7.47. The molecule has 0 aliphatic carbocycles. The first-order chi connectivity index (χ1) is 9.33. The van der Waals surface area contributed by atoms with E-state index in [9.17, 15) is 0 Å². The molecule has 0 amide bonds. The molecular weight excluding hydrogens is 234 g/mol. The summed E-state index contributed by atoms with van der Waals surface area (Å²) >= 11 is 0. The summed E-state index contributed by atoms with van der Waals surface area (Å²) in [7, 11) is 2.31. The highest BCUT2D eigenvalue weighted by atomic mass is 15.3. The molecule has 2 aliphatic rings. The van der Waals surface area contributed by atoms with E-state index in [1.165, 1.54) is 43.0 Å². The minimum absolute atomic E-state index is 0.589. The fraction of sp³-hybridized carbons (Fsp3) is 0.562. The third-order valence-corrected chi connectivity index (χ3v) is 5.17. The number of aromatic nitrogens is 2. The van der Waals surface area contributed by atoms with Crippen LogP contribution >= 0.6 is 0 Å². The number of nitrogens with zero attached hydrogens (tertiary/aromatic N) is 3. The number of benzene rings is 1. The monoisotopic (exact) mass is 255 g/mol. The molecule has 2 atom stereocenters. The summed E-state index contributed by atoms with van der Waals surface area (Å²) in [6.45, 7) is 0. The van der Waals surface area contributed by atoms with Gasteiger partial charge in [-0.3, -0.25) is 4.68 Å². The van der Waals surface area contributed by atoms with Gasteiger partial charge in [0.1, 0.15) is 0 Å². The summed E-state index contributed by atoms with van der Waals surface area (Å²) in [5.41, 5.74) is 1.30. The molecule has 1 aromatic heterocycles. The van der Waals surface area contributed by atoms with E-state index in [4.69, 9.17) is 0 Å². The lowest BCUT2D eigenvalue weighted by Gasteiger charge is -2.47. The predicted molar refractivity (Wildman–Crippen MR) is 77.2 cm³/mol. The molecule has 0 saturated carbocycles. The van der Waals surface area contributed by atoms with E-state index in [0.29, 0.717) is 6.04 Å². The first-order valence-electron chi connectivity index (χ1n) is 7.47. The van der Waals surface area contributed by atoms with E-state index in [1.807, 2.05) is 6.20 Å². The Balaban J connectivity index is 1.69. The Kier molecular flexibility index (Phi) is 2.62. The van der Waals surface area contributed by atoms with Gasteiger partial charge in [0, 0.05) is 17.5 Å². The van der Waals surface area contributed by atoms with Crippen LogP contribution < -0.4 is 0 Å². The highest BCUT2D eigenvalue weighted by Crippen LogP contribution is 2.38. The molecule has 0 spiro atoms. The summed E-state index contributed by atoms with van der Waals surface area (Å²) in [6.07, 6.45) is 8.68. The average Bonchev–Trinajstić information content (AvgIpc) is 2.82. The van der Waals surface area contributed by atoms with E-state index >= 15 is 0 Å². The van der Waals surface area contributed by atoms with Crippen molar-refractivity contribution in [2.24, 2.45) is 0 Å². The van der Waals surface area contributed by atoms with Crippen LogP contribution in [0.1, 0.15) is 38.1 Å². The van der Waals surface area contributed by atoms with Gasteiger partial charge in [-0.05, 0) is 38.8 Å². The Morgan fingerprint density at radius 1 is 1.05 bits per heavy atom. The second-order valence-electron chi connectivity index (χ2n) is 6.18. The minimum Gasteiger partial charge on any atom is -0.300 e. The molecule has 2 unspecified atom stereocenters. The van der Waals surface area contributed by atoms with Gasteiger partial charge < -0.3 is 4.90 Å². The van der Waals surface area contributed by atoms with Crippen molar-refractivity contribution < 1.29 is 0 Å². The molecule has 3 heterocycles. The molecule has 2 bridgehead atoms. The Hall–Kier alpha value is -1.35. The van der Waals surface area contributed by atoms with Gasteiger partial charge >= 0.3 is 0 Å². The topological polar surface area (TPSA) is 21.1 Å². The van der Waals surface area contributed by atoms with Crippen LogP contribution in [0.2, 0.25) is 0 Å². The number of fused-ring (bicyclic) bond motifs is 3. The molecule has 2 aliphatic heterocycles. The third kappa shape index (κ3) is 1.79. The fourth-order valence-electron chi connectivity index (χ4n) is 4.07. The summed E-state index contributed by atoms with van der Waals surface area (Å²) in [5.74, 6) is 0. The second-order valence-corrected chi connectivity index (χ2v) is 6.18. The van der Waals surface area contributed by atoms with Crippen LogP contribution in [-0.4, -0.2) is 33.8 Å². The van der Waals surface area contributed by atoms with Crippen LogP contribution in [0.4, 0.5) is 0 Å². The van der Waals surface area contributed by atoms with E-state index in [1.54, 1.807) is 0 Å². The molecule has 2 fully saturated rings. The summed E-state index contributed by atoms with van der Waals surface area (Å²) < 4.78 is 2.29. The first kappa shape index (κ1) is 11.5. The Morgan fingerprint density at radius 2 is 1.79 bits per heavy atom. The maximum atomic E-state index is 4.67. The van der Waals surface area contributed by atoms with Crippen LogP contribution in [0.5, 0.6) is 0 Å². The Bertz CT molecular complexity index is 574. The minimum atomic E-state index is 0.589. The second kappa shape index (κ2) is 4.34. The highest BCUT2D eigenvalue weighted by molar-refractivity contribution is 5.78. The molecule has 3 nitrogen and oxygen atoms in total. The van der Waals surface area contributed by atoms with Gasteiger partial charge in [0.05, 0.1) is 17.8 Å². The zero-order valence-corrected chi connectivity index (χ0v) is 11.5. The predicted octanol–water partition coefficient (Wildman–Crippen LogP) is 3.22. The van der Waals surface area contributed by atoms with Gasteiger partial charge in [0.2, 0.25) is 0 Å². The average molecular weight is 255 g/mol. The van der Waals surface area contributed by atoms with Crippen LogP contribution in [0.25, 0.3) is 10.9 Å². The van der Waals surface area contributed by atoms with Gasteiger partial charge in [-0.25, -0.2) is 0 Å². The summed E-state index contributed by atoms with van der Waals surface area (Å²) in [6, 6.07) is 10.7. The van der Waals surface area contributed by atoms with Gasteiger partial charge in [0.25, 0.3) is 0 Å². The van der Waals surface area contributed by atoms with E-state index in [2.05, 4.69) is 46.0 Å². The number of piperidine rings is 2. The van der Waals surface area contributed by atoms with Crippen molar-refractivity contribution in [1.29, 1.82) is 0 Å². The smallest absolute Gasteiger partial charge is 0.0685 e. The molecule has 2 saturated heterocycles. The number of para-hydroxylation sites is 1. The van der Waals surface area contributed by atoms with Crippen LogP contribution in [0.3, 0.4) is 0 Å². The molecular formula is C16H21N3. The van der Waals surface area contributed by atoms with E-state index in [-0.39, 0.29) is 0 Å². The quantitative estimate of drug-likeness (QED) is 0.780. The number of rotatable bonds is 1. The summed E-state index contributed by atoms with van der Waals surface area (Å²) in [4.78, 5) is 2.62. The Labute approximate surface area is 114 Å². The van der Waals surface area contributed by atoms with Gasteiger partial charge in [-0.1, -0.05) is 24.6 Å². The van der Waals surface area contributed by atoms with Crippen molar-refractivity contribution in [1.82, 2.24) is 14.7 Å². The van der Waals surface area contributed by atoms with Crippen molar-refractivity contribution in [3.05, 3.63) is 30.5 Å². The molecule has 0 N–H and O–H groups in total.